The second-order valence-electron chi connectivity index (χ2n) is 4.00. The number of rotatable bonds is 5. The lowest BCUT2D eigenvalue weighted by atomic mass is 10.2. The van der Waals surface area contributed by atoms with Crippen LogP contribution in [0.4, 0.5) is 0 Å². The first-order valence-electron chi connectivity index (χ1n) is 5.91. The van der Waals surface area contributed by atoms with E-state index in [9.17, 15) is 0 Å². The first-order valence-corrected chi connectivity index (χ1v) is 6.29. The molecule has 7 nitrogen and oxygen atoms in total. The summed E-state index contributed by atoms with van der Waals surface area (Å²) in [5.74, 6) is 0.942. The van der Waals surface area contributed by atoms with Crippen LogP contribution in [0.5, 0.6) is 11.5 Å². The van der Waals surface area contributed by atoms with Crippen molar-refractivity contribution in [3.05, 3.63) is 28.5 Å². The SMILES string of the molecule is COCc1c(C#N)nnn1-c1cc(OC)c(Cl)cc1OC. The Bertz CT molecular complexity index is 693. The van der Waals surface area contributed by atoms with Crippen LogP contribution in [0.2, 0.25) is 5.02 Å². The van der Waals surface area contributed by atoms with Gasteiger partial charge in [0.2, 0.25) is 0 Å². The zero-order chi connectivity index (χ0) is 15.4. The zero-order valence-electron chi connectivity index (χ0n) is 11.8. The monoisotopic (exact) mass is 308 g/mol. The largest absolute Gasteiger partial charge is 0.495 e. The Labute approximate surface area is 126 Å². The number of halogens is 1. The van der Waals surface area contributed by atoms with Crippen LogP contribution in [0.15, 0.2) is 12.1 Å². The van der Waals surface area contributed by atoms with E-state index < -0.39 is 0 Å². The lowest BCUT2D eigenvalue weighted by Crippen LogP contribution is -2.06. The smallest absolute Gasteiger partial charge is 0.188 e. The number of hydrogen-bond acceptors (Lipinski definition) is 6. The molecule has 0 fully saturated rings. The van der Waals surface area contributed by atoms with E-state index in [0.29, 0.717) is 27.9 Å². The molecule has 0 aliphatic heterocycles. The summed E-state index contributed by atoms with van der Waals surface area (Å²) in [6.07, 6.45) is 0. The summed E-state index contributed by atoms with van der Waals surface area (Å²) >= 11 is 6.07. The van der Waals surface area contributed by atoms with Crippen molar-refractivity contribution in [3.8, 4) is 23.3 Å². The number of aromatic nitrogens is 3. The van der Waals surface area contributed by atoms with Crippen LogP contribution < -0.4 is 9.47 Å². The van der Waals surface area contributed by atoms with E-state index in [1.807, 2.05) is 6.07 Å². The standard InChI is InChI=1S/C13H13ClN4O3/c1-19-7-11-9(6-15)16-17-18(11)10-5-12(20-2)8(14)4-13(10)21-3/h4-5H,7H2,1-3H3. The molecule has 8 heteroatoms. The lowest BCUT2D eigenvalue weighted by Gasteiger charge is -2.13. The minimum Gasteiger partial charge on any atom is -0.495 e. The molecule has 1 aromatic heterocycles. The first kappa shape index (κ1) is 15.1. The summed E-state index contributed by atoms with van der Waals surface area (Å²) in [5, 5.41) is 17.3. The van der Waals surface area contributed by atoms with Gasteiger partial charge >= 0.3 is 0 Å². The van der Waals surface area contributed by atoms with E-state index in [-0.39, 0.29) is 12.3 Å². The van der Waals surface area contributed by atoms with Gasteiger partial charge in [-0.05, 0) is 0 Å². The highest BCUT2D eigenvalue weighted by molar-refractivity contribution is 6.32. The van der Waals surface area contributed by atoms with Gasteiger partial charge < -0.3 is 14.2 Å². The van der Waals surface area contributed by atoms with E-state index in [0.717, 1.165) is 0 Å². The van der Waals surface area contributed by atoms with E-state index in [1.54, 1.807) is 12.1 Å². The van der Waals surface area contributed by atoms with Crippen LogP contribution in [0.1, 0.15) is 11.4 Å². The Morgan fingerprint density at radius 3 is 2.52 bits per heavy atom. The Balaban J connectivity index is 2.66. The molecule has 0 spiro atoms. The maximum absolute atomic E-state index is 9.08. The second-order valence-corrected chi connectivity index (χ2v) is 4.41. The van der Waals surface area contributed by atoms with Gasteiger partial charge in [0.15, 0.2) is 5.69 Å². The quantitative estimate of drug-likeness (QED) is 0.839. The average molecular weight is 309 g/mol. The summed E-state index contributed by atoms with van der Waals surface area (Å²) in [4.78, 5) is 0. The van der Waals surface area contributed by atoms with Crippen LogP contribution in [0.25, 0.3) is 5.69 Å². The minimum absolute atomic E-state index is 0.185. The highest BCUT2D eigenvalue weighted by atomic mass is 35.5. The van der Waals surface area contributed by atoms with Crippen molar-refractivity contribution in [1.29, 1.82) is 5.26 Å². The van der Waals surface area contributed by atoms with Gasteiger partial charge in [-0.15, -0.1) is 5.10 Å². The molecule has 0 atom stereocenters. The summed E-state index contributed by atoms with van der Waals surface area (Å²) in [6.45, 7) is 0.185. The van der Waals surface area contributed by atoms with Crippen molar-refractivity contribution in [2.75, 3.05) is 21.3 Å². The third kappa shape index (κ3) is 2.77. The topological polar surface area (TPSA) is 82.2 Å². The predicted octanol–water partition coefficient (Wildman–Crippen LogP) is 1.96. The molecular formula is C13H13ClN4O3. The van der Waals surface area contributed by atoms with Crippen molar-refractivity contribution < 1.29 is 14.2 Å². The number of methoxy groups -OCH3 is 3. The fraction of sp³-hybridized carbons (Fsp3) is 0.308. The number of hydrogen-bond donors (Lipinski definition) is 0. The molecule has 110 valence electrons. The third-order valence-electron chi connectivity index (χ3n) is 2.83. The van der Waals surface area contributed by atoms with Crippen LogP contribution >= 0.6 is 11.6 Å². The third-order valence-corrected chi connectivity index (χ3v) is 3.13. The fourth-order valence-corrected chi connectivity index (χ4v) is 2.09. The number of nitrogens with zero attached hydrogens (tertiary/aromatic N) is 4. The average Bonchev–Trinajstić information content (AvgIpc) is 2.90. The normalized spacial score (nSPS) is 10.2. The van der Waals surface area contributed by atoms with Gasteiger partial charge in [0.1, 0.15) is 28.9 Å². The van der Waals surface area contributed by atoms with Crippen molar-refractivity contribution in [2.24, 2.45) is 0 Å². The minimum atomic E-state index is 0.185. The molecule has 21 heavy (non-hydrogen) atoms. The molecule has 2 rings (SSSR count). The van der Waals surface area contributed by atoms with E-state index in [4.69, 9.17) is 31.1 Å². The number of ether oxygens (including phenoxy) is 3. The van der Waals surface area contributed by atoms with Gasteiger partial charge in [-0.1, -0.05) is 16.8 Å². The molecule has 0 bridgehead atoms. The maximum Gasteiger partial charge on any atom is 0.188 e. The van der Waals surface area contributed by atoms with Crippen molar-refractivity contribution in [3.63, 3.8) is 0 Å². The highest BCUT2D eigenvalue weighted by Gasteiger charge is 2.19. The predicted molar refractivity (Wildman–Crippen MR) is 74.9 cm³/mol. The van der Waals surface area contributed by atoms with Gasteiger partial charge in [0.05, 0.1) is 25.8 Å². The molecule has 0 saturated heterocycles. The maximum atomic E-state index is 9.08. The van der Waals surface area contributed by atoms with Gasteiger partial charge in [0, 0.05) is 19.2 Å². The van der Waals surface area contributed by atoms with Crippen LogP contribution in [-0.2, 0) is 11.3 Å². The molecule has 0 radical (unpaired) electrons. The van der Waals surface area contributed by atoms with Gasteiger partial charge in [-0.3, -0.25) is 0 Å². The van der Waals surface area contributed by atoms with Crippen molar-refractivity contribution in [1.82, 2.24) is 15.0 Å². The fourth-order valence-electron chi connectivity index (χ4n) is 1.86. The van der Waals surface area contributed by atoms with Crippen LogP contribution in [0, 0.1) is 11.3 Å². The summed E-state index contributed by atoms with van der Waals surface area (Å²) < 4.78 is 17.1. The Morgan fingerprint density at radius 2 is 1.95 bits per heavy atom. The van der Waals surface area contributed by atoms with Gasteiger partial charge in [-0.25, -0.2) is 4.68 Å². The second kappa shape index (κ2) is 6.43. The summed E-state index contributed by atoms with van der Waals surface area (Å²) in [7, 11) is 4.55. The van der Waals surface area contributed by atoms with E-state index in [2.05, 4.69) is 10.3 Å². The van der Waals surface area contributed by atoms with E-state index in [1.165, 1.54) is 26.0 Å². The molecule has 0 N–H and O–H groups in total. The highest BCUT2D eigenvalue weighted by Crippen LogP contribution is 2.35. The molecule has 0 aliphatic rings. The van der Waals surface area contributed by atoms with Crippen LogP contribution in [0.3, 0.4) is 0 Å². The Morgan fingerprint density at radius 1 is 1.24 bits per heavy atom. The zero-order valence-corrected chi connectivity index (χ0v) is 12.5. The van der Waals surface area contributed by atoms with Crippen molar-refractivity contribution in [2.45, 2.75) is 6.61 Å². The molecule has 1 heterocycles. The number of benzene rings is 1. The first-order chi connectivity index (χ1) is 10.2. The van der Waals surface area contributed by atoms with Gasteiger partial charge in [0.25, 0.3) is 0 Å². The molecule has 2 aromatic rings. The summed E-state index contributed by atoms with van der Waals surface area (Å²) in [6, 6.07) is 5.25. The summed E-state index contributed by atoms with van der Waals surface area (Å²) in [5.41, 5.74) is 1.26. The molecule has 0 aliphatic carbocycles. The van der Waals surface area contributed by atoms with Gasteiger partial charge in [-0.2, -0.15) is 5.26 Å². The molecule has 0 unspecified atom stereocenters. The molecular weight excluding hydrogens is 296 g/mol. The molecule has 0 amide bonds. The molecule has 1 aromatic carbocycles. The molecule has 0 saturated carbocycles. The number of nitriles is 1. The van der Waals surface area contributed by atoms with E-state index >= 15 is 0 Å². The van der Waals surface area contributed by atoms with Crippen LogP contribution in [-0.4, -0.2) is 36.3 Å². The Kier molecular flexibility index (Phi) is 4.62. The van der Waals surface area contributed by atoms with Crippen molar-refractivity contribution >= 4 is 11.6 Å². The Hall–Kier alpha value is -2.30. The lowest BCUT2D eigenvalue weighted by molar-refractivity contribution is 0.179.